The van der Waals surface area contributed by atoms with Crippen LogP contribution in [0.4, 0.5) is 16.4 Å². The predicted octanol–water partition coefficient (Wildman–Crippen LogP) is 5.84. The Balaban J connectivity index is 1.92. The van der Waals surface area contributed by atoms with E-state index in [4.69, 9.17) is 22.1 Å². The maximum Gasteiger partial charge on any atom is 0.338 e. The van der Waals surface area contributed by atoms with E-state index in [0.717, 1.165) is 0 Å². The summed E-state index contributed by atoms with van der Waals surface area (Å²) < 4.78 is 6.01. The third-order valence-corrected chi connectivity index (χ3v) is 7.48. The molecule has 0 spiro atoms. The number of anilines is 2. The molecular formula is C27H20ClN3O5S. The van der Waals surface area contributed by atoms with Gasteiger partial charge in [0, 0.05) is 38.5 Å². The van der Waals surface area contributed by atoms with Gasteiger partial charge in [-0.15, -0.1) is 11.3 Å². The van der Waals surface area contributed by atoms with E-state index in [-0.39, 0.29) is 34.7 Å². The fraction of sp³-hybridized carbons (Fsp3) is 0.111. The second-order valence-corrected chi connectivity index (χ2v) is 9.73. The second kappa shape index (κ2) is 9.68. The Bertz CT molecular complexity index is 1650. The number of ether oxygens (including phenoxy) is 1. The topological polar surface area (TPSA) is 116 Å². The molecule has 0 saturated heterocycles. The van der Waals surface area contributed by atoms with Gasteiger partial charge in [0.1, 0.15) is 10.8 Å². The summed E-state index contributed by atoms with van der Waals surface area (Å²) in [6, 6.07) is 19.9. The van der Waals surface area contributed by atoms with E-state index in [9.17, 15) is 19.7 Å². The number of nitrogens with two attached hydrogens (primary N) is 1. The van der Waals surface area contributed by atoms with E-state index in [1.165, 1.54) is 29.5 Å². The van der Waals surface area contributed by atoms with Crippen molar-refractivity contribution in [2.24, 2.45) is 5.73 Å². The van der Waals surface area contributed by atoms with Crippen LogP contribution in [0.1, 0.15) is 24.0 Å². The molecule has 1 aliphatic rings. The third-order valence-electron chi connectivity index (χ3n) is 6.09. The van der Waals surface area contributed by atoms with Crippen LogP contribution >= 0.6 is 22.9 Å². The number of nitro benzene ring substituents is 1. The van der Waals surface area contributed by atoms with Crippen LogP contribution < -0.4 is 16.1 Å². The Labute approximate surface area is 220 Å². The van der Waals surface area contributed by atoms with Gasteiger partial charge in [-0.05, 0) is 42.8 Å². The lowest BCUT2D eigenvalue weighted by Crippen LogP contribution is -2.37. The van der Waals surface area contributed by atoms with Crippen LogP contribution in [-0.4, -0.2) is 17.5 Å². The Morgan fingerprint density at radius 2 is 1.89 bits per heavy atom. The first-order valence-electron chi connectivity index (χ1n) is 11.3. The van der Waals surface area contributed by atoms with E-state index in [1.54, 1.807) is 36.1 Å². The summed E-state index contributed by atoms with van der Waals surface area (Å²) in [7, 11) is 0. The van der Waals surface area contributed by atoms with Crippen LogP contribution in [0.3, 0.4) is 0 Å². The van der Waals surface area contributed by atoms with Crippen molar-refractivity contribution in [3.05, 3.63) is 121 Å². The van der Waals surface area contributed by atoms with Crippen molar-refractivity contribution in [3.8, 4) is 0 Å². The van der Waals surface area contributed by atoms with Gasteiger partial charge in [-0.1, -0.05) is 41.9 Å². The van der Waals surface area contributed by atoms with E-state index in [1.807, 2.05) is 30.3 Å². The summed E-state index contributed by atoms with van der Waals surface area (Å²) in [6.07, 6.45) is 0. The minimum Gasteiger partial charge on any atom is -0.463 e. The lowest BCUT2D eigenvalue weighted by Gasteiger charge is -2.36. The summed E-state index contributed by atoms with van der Waals surface area (Å²) in [5, 5.41) is 13.0. The number of carbonyl (C=O) groups excluding carboxylic acids is 1. The fourth-order valence-corrected chi connectivity index (χ4v) is 6.05. The molecule has 8 nitrogen and oxygen atoms in total. The van der Waals surface area contributed by atoms with Gasteiger partial charge in [-0.2, -0.15) is 0 Å². The highest BCUT2D eigenvalue weighted by Gasteiger charge is 2.41. The van der Waals surface area contributed by atoms with Crippen LogP contribution in [-0.2, 0) is 9.53 Å². The van der Waals surface area contributed by atoms with Gasteiger partial charge in [0.2, 0.25) is 0 Å². The number of carbonyl (C=O) groups is 1. The Kier molecular flexibility index (Phi) is 6.41. The number of hydrogen-bond acceptors (Lipinski definition) is 8. The van der Waals surface area contributed by atoms with Gasteiger partial charge in [-0.3, -0.25) is 19.8 Å². The van der Waals surface area contributed by atoms with Crippen LogP contribution in [0.25, 0.3) is 10.1 Å². The molecule has 1 aliphatic heterocycles. The van der Waals surface area contributed by atoms with Gasteiger partial charge in [0.05, 0.1) is 23.0 Å². The van der Waals surface area contributed by atoms with E-state index < -0.39 is 16.8 Å². The quantitative estimate of drug-likeness (QED) is 0.194. The Morgan fingerprint density at radius 3 is 2.59 bits per heavy atom. The highest BCUT2D eigenvalue weighted by Crippen LogP contribution is 2.49. The molecule has 4 aromatic rings. The first kappa shape index (κ1) is 24.5. The highest BCUT2D eigenvalue weighted by molar-refractivity contribution is 7.22. The zero-order chi connectivity index (χ0) is 26.3. The molecule has 0 saturated carbocycles. The zero-order valence-electron chi connectivity index (χ0n) is 19.5. The van der Waals surface area contributed by atoms with Crippen molar-refractivity contribution < 1.29 is 14.5 Å². The van der Waals surface area contributed by atoms with Crippen molar-refractivity contribution in [1.82, 2.24) is 0 Å². The number of nitro groups is 1. The summed E-state index contributed by atoms with van der Waals surface area (Å²) in [6.45, 7) is 1.75. The number of fused-ring (bicyclic) bond motifs is 2. The maximum atomic E-state index is 14.1. The Hall–Kier alpha value is -4.21. The van der Waals surface area contributed by atoms with Gasteiger partial charge >= 0.3 is 5.97 Å². The van der Waals surface area contributed by atoms with Crippen molar-refractivity contribution in [2.45, 2.75) is 12.8 Å². The maximum absolute atomic E-state index is 14.1. The SMILES string of the molecule is CCOC(=O)C1=C(N)N(c2ccccc2)c2sc3cc(Cl)ccc3c(=O)c2C1c1cccc([N+](=O)[O-])c1. The molecule has 3 aromatic carbocycles. The first-order valence-corrected chi connectivity index (χ1v) is 12.5. The molecule has 1 unspecified atom stereocenters. The van der Waals surface area contributed by atoms with Crippen LogP contribution in [0.15, 0.2) is 89.0 Å². The van der Waals surface area contributed by atoms with Gasteiger partial charge in [0.25, 0.3) is 5.69 Å². The summed E-state index contributed by atoms with van der Waals surface area (Å²) >= 11 is 7.54. The molecule has 0 radical (unpaired) electrons. The minimum atomic E-state index is -0.988. The van der Waals surface area contributed by atoms with E-state index in [0.29, 0.717) is 31.4 Å². The van der Waals surface area contributed by atoms with Crippen LogP contribution in [0.5, 0.6) is 0 Å². The van der Waals surface area contributed by atoms with E-state index in [2.05, 4.69) is 0 Å². The predicted molar refractivity (Wildman–Crippen MR) is 144 cm³/mol. The summed E-state index contributed by atoms with van der Waals surface area (Å²) in [5.41, 5.74) is 7.54. The van der Waals surface area contributed by atoms with Crippen molar-refractivity contribution >= 4 is 55.4 Å². The third kappa shape index (κ3) is 4.22. The molecule has 0 fully saturated rings. The van der Waals surface area contributed by atoms with E-state index >= 15 is 0 Å². The molecule has 37 heavy (non-hydrogen) atoms. The summed E-state index contributed by atoms with van der Waals surface area (Å²) in [5.74, 6) is -1.62. The summed E-state index contributed by atoms with van der Waals surface area (Å²) in [4.78, 5) is 40.2. The second-order valence-electron chi connectivity index (χ2n) is 8.27. The van der Waals surface area contributed by atoms with Crippen LogP contribution in [0, 0.1) is 10.1 Å². The minimum absolute atomic E-state index is 0.0383. The number of halogens is 1. The number of esters is 1. The van der Waals surface area contributed by atoms with Gasteiger partial charge in [0.15, 0.2) is 5.43 Å². The molecule has 1 aromatic heterocycles. The lowest BCUT2D eigenvalue weighted by atomic mass is 9.82. The van der Waals surface area contributed by atoms with Gasteiger partial charge in [-0.25, -0.2) is 4.79 Å². The molecule has 10 heteroatoms. The van der Waals surface area contributed by atoms with Crippen molar-refractivity contribution in [1.29, 1.82) is 0 Å². The molecule has 2 heterocycles. The number of hydrogen-bond donors (Lipinski definition) is 1. The monoisotopic (exact) mass is 533 g/mol. The average molecular weight is 534 g/mol. The molecule has 0 amide bonds. The lowest BCUT2D eigenvalue weighted by molar-refractivity contribution is -0.384. The standard InChI is InChI=1S/C27H20ClN3O5S/c1-2-36-27(33)23-21(15-7-6-10-18(13-15)31(34)35)22-24(32)19-12-11-16(28)14-20(19)37-26(22)30(25(23)29)17-8-4-3-5-9-17/h3-14,21H,2,29H2,1H3. The number of nitrogens with zero attached hydrogens (tertiary/aromatic N) is 2. The molecule has 5 rings (SSSR count). The average Bonchev–Trinajstić information content (AvgIpc) is 2.88. The molecule has 2 N–H and O–H groups in total. The zero-order valence-corrected chi connectivity index (χ0v) is 21.1. The Morgan fingerprint density at radius 1 is 1.14 bits per heavy atom. The molecule has 0 bridgehead atoms. The number of non-ortho nitro benzene ring substituents is 1. The first-order chi connectivity index (χ1) is 17.8. The largest absolute Gasteiger partial charge is 0.463 e. The smallest absolute Gasteiger partial charge is 0.338 e. The van der Waals surface area contributed by atoms with Gasteiger partial charge < -0.3 is 10.5 Å². The number of benzene rings is 3. The van der Waals surface area contributed by atoms with Crippen molar-refractivity contribution in [2.75, 3.05) is 11.5 Å². The molecule has 0 aliphatic carbocycles. The fourth-order valence-electron chi connectivity index (χ4n) is 4.53. The number of para-hydroxylation sites is 1. The highest BCUT2D eigenvalue weighted by atomic mass is 35.5. The normalized spacial score (nSPS) is 15.0. The molecule has 1 atom stereocenters. The molecular weight excluding hydrogens is 514 g/mol. The van der Waals surface area contributed by atoms with Crippen LogP contribution in [0.2, 0.25) is 5.02 Å². The van der Waals surface area contributed by atoms with Crippen molar-refractivity contribution in [3.63, 3.8) is 0 Å². The molecule has 186 valence electrons. The number of rotatable bonds is 5.